The summed E-state index contributed by atoms with van der Waals surface area (Å²) in [6, 6.07) is 3.35. The lowest BCUT2D eigenvalue weighted by molar-refractivity contribution is 0.391. The summed E-state index contributed by atoms with van der Waals surface area (Å²) >= 11 is 3.41. The van der Waals surface area contributed by atoms with Crippen molar-refractivity contribution in [1.29, 1.82) is 0 Å². The SMILES string of the molecule is COc1cnccc1C(NN)c1occc1Br. The minimum absolute atomic E-state index is 0.294. The summed E-state index contributed by atoms with van der Waals surface area (Å²) in [5.74, 6) is 6.92. The predicted octanol–water partition coefficient (Wildman–Crippen LogP) is 2.00. The van der Waals surface area contributed by atoms with Crippen molar-refractivity contribution in [2.24, 2.45) is 5.84 Å². The highest BCUT2D eigenvalue weighted by molar-refractivity contribution is 9.10. The third-order valence-corrected chi connectivity index (χ3v) is 3.08. The van der Waals surface area contributed by atoms with Crippen LogP contribution in [0.3, 0.4) is 0 Å². The van der Waals surface area contributed by atoms with Crippen LogP contribution < -0.4 is 16.0 Å². The van der Waals surface area contributed by atoms with Crippen LogP contribution in [-0.4, -0.2) is 12.1 Å². The molecule has 0 aliphatic carbocycles. The molecule has 3 N–H and O–H groups in total. The van der Waals surface area contributed by atoms with Crippen LogP contribution in [-0.2, 0) is 0 Å². The number of nitrogens with zero attached hydrogens (tertiary/aromatic N) is 1. The summed E-state index contributed by atoms with van der Waals surface area (Å²) in [7, 11) is 1.59. The molecule has 0 bridgehead atoms. The topological polar surface area (TPSA) is 73.3 Å². The second kappa shape index (κ2) is 5.31. The Morgan fingerprint density at radius 2 is 2.35 bits per heavy atom. The standard InChI is InChI=1S/C11H12BrN3O2/c1-16-9-6-14-4-2-7(9)10(15-13)11-8(12)3-5-17-11/h2-6,10,15H,13H2,1H3. The van der Waals surface area contributed by atoms with E-state index in [1.807, 2.05) is 12.1 Å². The number of hydrazine groups is 1. The van der Waals surface area contributed by atoms with Crippen LogP contribution in [0, 0.1) is 0 Å². The Labute approximate surface area is 107 Å². The molecular weight excluding hydrogens is 286 g/mol. The number of nitrogens with one attached hydrogen (secondary N) is 1. The molecule has 6 heteroatoms. The number of hydrogen-bond acceptors (Lipinski definition) is 5. The van der Waals surface area contributed by atoms with E-state index in [4.69, 9.17) is 15.0 Å². The van der Waals surface area contributed by atoms with E-state index >= 15 is 0 Å². The number of hydrogen-bond donors (Lipinski definition) is 2. The molecule has 2 heterocycles. The van der Waals surface area contributed by atoms with E-state index in [9.17, 15) is 0 Å². The molecule has 0 aromatic carbocycles. The fraction of sp³-hybridized carbons (Fsp3) is 0.182. The minimum Gasteiger partial charge on any atom is -0.495 e. The fourth-order valence-corrected chi connectivity index (χ4v) is 2.05. The number of nitrogens with two attached hydrogens (primary N) is 1. The van der Waals surface area contributed by atoms with E-state index in [-0.39, 0.29) is 6.04 Å². The van der Waals surface area contributed by atoms with E-state index in [1.165, 1.54) is 0 Å². The third kappa shape index (κ3) is 2.33. The number of aromatic nitrogens is 1. The Morgan fingerprint density at radius 1 is 1.53 bits per heavy atom. The van der Waals surface area contributed by atoms with Gasteiger partial charge in [-0.15, -0.1) is 0 Å². The number of ether oxygens (including phenoxy) is 1. The third-order valence-electron chi connectivity index (χ3n) is 2.42. The normalized spacial score (nSPS) is 12.4. The van der Waals surface area contributed by atoms with Crippen molar-refractivity contribution in [2.45, 2.75) is 6.04 Å². The van der Waals surface area contributed by atoms with Gasteiger partial charge >= 0.3 is 0 Å². The van der Waals surface area contributed by atoms with Crippen molar-refractivity contribution in [3.05, 3.63) is 46.6 Å². The molecule has 2 aromatic heterocycles. The Hall–Kier alpha value is -1.37. The summed E-state index contributed by atoms with van der Waals surface area (Å²) in [6.07, 6.45) is 4.91. The van der Waals surface area contributed by atoms with E-state index in [0.29, 0.717) is 11.5 Å². The second-order valence-electron chi connectivity index (χ2n) is 3.35. The van der Waals surface area contributed by atoms with Crippen molar-refractivity contribution < 1.29 is 9.15 Å². The first-order valence-corrected chi connectivity index (χ1v) is 5.74. The van der Waals surface area contributed by atoms with Gasteiger partial charge in [-0.25, -0.2) is 5.43 Å². The summed E-state index contributed by atoms with van der Waals surface area (Å²) in [4.78, 5) is 4.00. The van der Waals surface area contributed by atoms with Crippen LogP contribution in [0.25, 0.3) is 0 Å². The maximum Gasteiger partial charge on any atom is 0.142 e. The number of methoxy groups -OCH3 is 1. The van der Waals surface area contributed by atoms with Crippen LogP contribution in [0.15, 0.2) is 39.7 Å². The monoisotopic (exact) mass is 297 g/mol. The number of furan rings is 1. The average molecular weight is 298 g/mol. The highest BCUT2D eigenvalue weighted by atomic mass is 79.9. The van der Waals surface area contributed by atoms with E-state index < -0.39 is 0 Å². The molecular formula is C11H12BrN3O2. The van der Waals surface area contributed by atoms with E-state index in [1.54, 1.807) is 25.8 Å². The van der Waals surface area contributed by atoms with Gasteiger partial charge in [-0.3, -0.25) is 10.8 Å². The summed E-state index contributed by atoms with van der Waals surface area (Å²) in [5.41, 5.74) is 3.57. The first-order chi connectivity index (χ1) is 8.27. The van der Waals surface area contributed by atoms with Crippen LogP contribution in [0.4, 0.5) is 0 Å². The molecule has 5 nitrogen and oxygen atoms in total. The molecule has 0 saturated carbocycles. The molecule has 1 atom stereocenters. The Balaban J connectivity index is 2.46. The van der Waals surface area contributed by atoms with Gasteiger partial charge in [-0.1, -0.05) is 0 Å². The summed E-state index contributed by atoms with van der Waals surface area (Å²) in [6.45, 7) is 0. The lowest BCUT2D eigenvalue weighted by atomic mass is 10.1. The number of halogens is 1. The zero-order valence-electron chi connectivity index (χ0n) is 9.18. The van der Waals surface area contributed by atoms with Gasteiger partial charge < -0.3 is 9.15 Å². The highest BCUT2D eigenvalue weighted by Gasteiger charge is 2.22. The lowest BCUT2D eigenvalue weighted by Crippen LogP contribution is -2.29. The molecule has 0 fully saturated rings. The van der Waals surface area contributed by atoms with Gasteiger partial charge in [0.2, 0.25) is 0 Å². The van der Waals surface area contributed by atoms with Crippen LogP contribution in [0.2, 0.25) is 0 Å². The summed E-state index contributed by atoms with van der Waals surface area (Å²) < 4.78 is 11.5. The second-order valence-corrected chi connectivity index (χ2v) is 4.20. The van der Waals surface area contributed by atoms with Crippen LogP contribution in [0.5, 0.6) is 5.75 Å². The first kappa shape index (κ1) is 12.1. The molecule has 0 aliphatic heterocycles. The van der Waals surface area contributed by atoms with Gasteiger partial charge in [0.15, 0.2) is 0 Å². The highest BCUT2D eigenvalue weighted by Crippen LogP contribution is 2.33. The largest absolute Gasteiger partial charge is 0.495 e. The first-order valence-electron chi connectivity index (χ1n) is 4.94. The number of rotatable bonds is 4. The van der Waals surface area contributed by atoms with Gasteiger partial charge in [0.05, 0.1) is 24.0 Å². The van der Waals surface area contributed by atoms with Crippen molar-refractivity contribution in [3.63, 3.8) is 0 Å². The van der Waals surface area contributed by atoms with Gasteiger partial charge in [-0.2, -0.15) is 0 Å². The van der Waals surface area contributed by atoms with E-state index in [0.717, 1.165) is 10.0 Å². The molecule has 2 aromatic rings. The molecule has 17 heavy (non-hydrogen) atoms. The average Bonchev–Trinajstić information content (AvgIpc) is 2.78. The molecule has 0 spiro atoms. The van der Waals surface area contributed by atoms with Crippen molar-refractivity contribution >= 4 is 15.9 Å². The van der Waals surface area contributed by atoms with Gasteiger partial charge in [0, 0.05) is 11.8 Å². The zero-order chi connectivity index (χ0) is 12.3. The van der Waals surface area contributed by atoms with Crippen LogP contribution >= 0.6 is 15.9 Å². The molecule has 90 valence electrons. The van der Waals surface area contributed by atoms with Gasteiger partial charge in [0.1, 0.15) is 17.6 Å². The summed E-state index contributed by atoms with van der Waals surface area (Å²) in [5, 5.41) is 0. The van der Waals surface area contributed by atoms with Crippen LogP contribution in [0.1, 0.15) is 17.4 Å². The Kier molecular flexibility index (Phi) is 3.78. The smallest absolute Gasteiger partial charge is 0.142 e. The minimum atomic E-state index is -0.294. The Morgan fingerprint density at radius 3 is 2.94 bits per heavy atom. The molecule has 0 aliphatic rings. The molecule has 0 radical (unpaired) electrons. The van der Waals surface area contributed by atoms with Crippen molar-refractivity contribution in [1.82, 2.24) is 10.4 Å². The molecule has 2 rings (SSSR count). The lowest BCUT2D eigenvalue weighted by Gasteiger charge is -2.17. The quantitative estimate of drug-likeness (QED) is 0.667. The van der Waals surface area contributed by atoms with Crippen molar-refractivity contribution in [2.75, 3.05) is 7.11 Å². The zero-order valence-corrected chi connectivity index (χ0v) is 10.8. The number of pyridine rings is 1. The van der Waals surface area contributed by atoms with Gasteiger partial charge in [-0.05, 0) is 28.1 Å². The molecule has 0 saturated heterocycles. The van der Waals surface area contributed by atoms with E-state index in [2.05, 4.69) is 26.3 Å². The van der Waals surface area contributed by atoms with Crippen molar-refractivity contribution in [3.8, 4) is 5.75 Å². The maximum absolute atomic E-state index is 5.58. The fourth-order valence-electron chi connectivity index (χ4n) is 1.62. The molecule has 0 amide bonds. The molecule has 1 unspecified atom stereocenters. The van der Waals surface area contributed by atoms with Gasteiger partial charge in [0.25, 0.3) is 0 Å². The maximum atomic E-state index is 5.58. The Bertz CT molecular complexity index is 501. The predicted molar refractivity (Wildman–Crippen MR) is 66.4 cm³/mol.